The molecule has 32 heavy (non-hydrogen) atoms. The van der Waals surface area contributed by atoms with Crippen molar-refractivity contribution in [2.24, 2.45) is 0 Å². The van der Waals surface area contributed by atoms with Gasteiger partial charge in [-0.3, -0.25) is 24.1 Å². The maximum absolute atomic E-state index is 11.8. The van der Waals surface area contributed by atoms with Gasteiger partial charge in [-0.15, -0.1) is 0 Å². The third-order valence-corrected chi connectivity index (χ3v) is 3.23. The summed E-state index contributed by atoms with van der Waals surface area (Å²) in [6.45, 7) is -1.43. The Balaban J connectivity index is 5.83. The summed E-state index contributed by atoms with van der Waals surface area (Å²) < 4.78 is 9.26. The molecular weight excluding hydrogens is 444 g/mol. The molecule has 0 heterocycles. The third kappa shape index (κ3) is 10.3. The van der Waals surface area contributed by atoms with Gasteiger partial charge in [-0.1, -0.05) is 0 Å². The van der Waals surface area contributed by atoms with Crippen LogP contribution in [-0.2, 0) is 52.8 Å². The number of carboxylic acid groups (broad SMARTS) is 3. The fourth-order valence-electron chi connectivity index (χ4n) is 2.24. The molecule has 0 aromatic carbocycles. The Morgan fingerprint density at radius 1 is 0.688 bits per heavy atom. The summed E-state index contributed by atoms with van der Waals surface area (Å²) in [6, 6.07) is 0. The highest BCUT2D eigenvalue weighted by molar-refractivity contribution is 5.83. The number of ether oxygens (including phenoxy) is 2. The van der Waals surface area contributed by atoms with Gasteiger partial charge in [0.2, 0.25) is 0 Å². The second kappa shape index (κ2) is 12.8. The molecule has 0 aromatic heterocycles. The van der Waals surface area contributed by atoms with Gasteiger partial charge in [0.05, 0.1) is 6.54 Å². The lowest BCUT2D eigenvalue weighted by Crippen LogP contribution is -2.62. The molecule has 180 valence electrons. The molecule has 0 aliphatic carbocycles. The lowest BCUT2D eigenvalue weighted by Gasteiger charge is -2.37. The van der Waals surface area contributed by atoms with E-state index in [9.17, 15) is 38.7 Å². The lowest BCUT2D eigenvalue weighted by molar-refractivity contribution is -0.283. The predicted octanol–water partition coefficient (Wildman–Crippen LogP) is -2.35. The first-order valence-electron chi connectivity index (χ1n) is 8.61. The van der Waals surface area contributed by atoms with Crippen LogP contribution >= 0.6 is 0 Å². The standard InChI is InChI=1S/C16H22N2O14/c1-9(19)29-16(15(27)28,30-10(2)20)18(7-13(24)25)5-4-17(6-12(22)23)8-14(26)32-31-11(3)21/h4-8H2,1-3H3,(H,22,23)(H,24,25)(H,27,28). The molecule has 0 fully saturated rings. The zero-order chi connectivity index (χ0) is 25.1. The summed E-state index contributed by atoms with van der Waals surface area (Å²) in [6.07, 6.45) is 0. The molecule has 0 unspecified atom stereocenters. The van der Waals surface area contributed by atoms with Crippen LogP contribution in [0.4, 0.5) is 0 Å². The van der Waals surface area contributed by atoms with Crippen LogP contribution in [0.1, 0.15) is 20.8 Å². The first kappa shape index (κ1) is 28.2. The minimum atomic E-state index is -3.19. The number of nitrogens with zero attached hydrogens (tertiary/aromatic N) is 2. The summed E-state index contributed by atoms with van der Waals surface area (Å²) in [5, 5.41) is 27.7. The molecule has 0 saturated heterocycles. The van der Waals surface area contributed by atoms with E-state index in [1.807, 2.05) is 0 Å². The maximum Gasteiger partial charge on any atom is 0.424 e. The molecule has 0 radical (unpaired) electrons. The van der Waals surface area contributed by atoms with Crippen molar-refractivity contribution in [1.82, 2.24) is 9.80 Å². The average Bonchev–Trinajstić information content (AvgIpc) is 2.60. The van der Waals surface area contributed by atoms with Crippen LogP contribution in [0.2, 0.25) is 0 Å². The number of carboxylic acids is 3. The highest BCUT2D eigenvalue weighted by atomic mass is 17.2. The molecule has 0 aromatic rings. The Bertz CT molecular complexity index is 748. The van der Waals surface area contributed by atoms with E-state index in [4.69, 9.17) is 10.2 Å². The van der Waals surface area contributed by atoms with Gasteiger partial charge in [0.15, 0.2) is 0 Å². The van der Waals surface area contributed by atoms with Crippen molar-refractivity contribution in [3.8, 4) is 0 Å². The summed E-state index contributed by atoms with van der Waals surface area (Å²) in [7, 11) is 0. The topological polar surface area (TPSA) is 224 Å². The van der Waals surface area contributed by atoms with E-state index < -0.39 is 80.4 Å². The van der Waals surface area contributed by atoms with E-state index in [1.54, 1.807) is 0 Å². The molecule has 16 nitrogen and oxygen atoms in total. The SMILES string of the molecule is CC(=O)OOC(=O)CN(CCN(CC(=O)O)C(OC(C)=O)(OC(C)=O)C(=O)O)CC(=O)O. The molecule has 0 amide bonds. The largest absolute Gasteiger partial charge is 0.480 e. The van der Waals surface area contributed by atoms with Crippen LogP contribution in [-0.4, -0.2) is 106 Å². The Morgan fingerprint density at radius 2 is 1.19 bits per heavy atom. The second-order valence-corrected chi connectivity index (χ2v) is 6.02. The number of carbonyl (C=O) groups is 7. The maximum atomic E-state index is 11.8. The van der Waals surface area contributed by atoms with Crippen LogP contribution in [0.5, 0.6) is 0 Å². The van der Waals surface area contributed by atoms with Crippen molar-refractivity contribution in [3.05, 3.63) is 0 Å². The monoisotopic (exact) mass is 466 g/mol. The number of rotatable bonds is 13. The Hall–Kier alpha value is -3.79. The minimum absolute atomic E-state index is 0.423. The molecular formula is C16H22N2O14. The molecule has 3 N–H and O–H groups in total. The zero-order valence-corrected chi connectivity index (χ0v) is 17.3. The van der Waals surface area contributed by atoms with Gasteiger partial charge in [-0.05, 0) is 0 Å². The highest BCUT2D eigenvalue weighted by Gasteiger charge is 2.53. The summed E-state index contributed by atoms with van der Waals surface area (Å²) in [5.74, 6) is -12.9. The van der Waals surface area contributed by atoms with E-state index in [0.717, 1.165) is 25.7 Å². The molecule has 0 spiro atoms. The fourth-order valence-corrected chi connectivity index (χ4v) is 2.24. The number of hydrogen-bond acceptors (Lipinski definition) is 13. The third-order valence-electron chi connectivity index (χ3n) is 3.23. The van der Waals surface area contributed by atoms with Crippen molar-refractivity contribution >= 4 is 41.8 Å². The normalized spacial score (nSPS) is 10.9. The van der Waals surface area contributed by atoms with Gasteiger partial charge >= 0.3 is 47.7 Å². The number of hydrogen-bond donors (Lipinski definition) is 3. The first-order chi connectivity index (χ1) is 14.7. The lowest BCUT2D eigenvalue weighted by atomic mass is 10.3. The molecule has 0 atom stereocenters. The Labute approximate surface area is 180 Å². The van der Waals surface area contributed by atoms with Crippen LogP contribution in [0.15, 0.2) is 0 Å². The Kier molecular flexibility index (Phi) is 11.3. The fraction of sp³-hybridized carbons (Fsp3) is 0.562. The van der Waals surface area contributed by atoms with Crippen molar-refractivity contribution < 1.29 is 68.1 Å². The summed E-state index contributed by atoms with van der Waals surface area (Å²) in [5.41, 5.74) is 0. The van der Waals surface area contributed by atoms with Gasteiger partial charge in [0.1, 0.15) is 13.1 Å². The van der Waals surface area contributed by atoms with Crippen molar-refractivity contribution in [2.75, 3.05) is 32.7 Å². The predicted molar refractivity (Wildman–Crippen MR) is 95.0 cm³/mol. The Morgan fingerprint density at radius 3 is 1.56 bits per heavy atom. The molecule has 0 bridgehead atoms. The second-order valence-electron chi connectivity index (χ2n) is 6.02. The van der Waals surface area contributed by atoms with Crippen LogP contribution in [0.3, 0.4) is 0 Å². The molecule has 0 aliphatic rings. The number of carbonyl (C=O) groups excluding carboxylic acids is 4. The van der Waals surface area contributed by atoms with E-state index in [1.165, 1.54) is 0 Å². The van der Waals surface area contributed by atoms with Crippen molar-refractivity contribution in [3.63, 3.8) is 0 Å². The first-order valence-corrected chi connectivity index (χ1v) is 8.61. The quantitative estimate of drug-likeness (QED) is 0.112. The zero-order valence-electron chi connectivity index (χ0n) is 17.3. The van der Waals surface area contributed by atoms with Crippen molar-refractivity contribution in [2.45, 2.75) is 26.7 Å². The van der Waals surface area contributed by atoms with Gasteiger partial charge in [-0.2, -0.15) is 0 Å². The van der Waals surface area contributed by atoms with Crippen LogP contribution < -0.4 is 0 Å². The van der Waals surface area contributed by atoms with E-state index >= 15 is 0 Å². The molecule has 0 rings (SSSR count). The van der Waals surface area contributed by atoms with Crippen LogP contribution in [0.25, 0.3) is 0 Å². The summed E-state index contributed by atoms with van der Waals surface area (Å²) in [4.78, 5) is 88.8. The highest BCUT2D eigenvalue weighted by Crippen LogP contribution is 2.21. The molecule has 0 aliphatic heterocycles. The number of esters is 2. The van der Waals surface area contributed by atoms with Crippen LogP contribution in [0, 0.1) is 0 Å². The van der Waals surface area contributed by atoms with Gasteiger partial charge < -0.3 is 24.8 Å². The smallest absolute Gasteiger partial charge is 0.424 e. The minimum Gasteiger partial charge on any atom is -0.480 e. The average molecular weight is 466 g/mol. The van der Waals surface area contributed by atoms with Gasteiger partial charge in [0.25, 0.3) is 0 Å². The number of aliphatic carboxylic acids is 3. The van der Waals surface area contributed by atoms with E-state index in [0.29, 0.717) is 4.90 Å². The summed E-state index contributed by atoms with van der Waals surface area (Å²) >= 11 is 0. The van der Waals surface area contributed by atoms with Crippen molar-refractivity contribution in [1.29, 1.82) is 0 Å². The molecule has 0 saturated carbocycles. The van der Waals surface area contributed by atoms with Gasteiger partial charge in [-0.25, -0.2) is 29.1 Å². The molecule has 16 heteroatoms. The van der Waals surface area contributed by atoms with Gasteiger partial charge in [0, 0.05) is 33.9 Å². The van der Waals surface area contributed by atoms with E-state index in [2.05, 4.69) is 19.2 Å². The van der Waals surface area contributed by atoms with E-state index in [-0.39, 0.29) is 0 Å².